The standard InChI is InChI=1S/C11H9NO3S/c13-16(14)10-6-2-1-4-8(10)11-9(12-16)5-3-7-15-11/h1-4,6-7,12H,5H2. The molecule has 0 fully saturated rings. The van der Waals surface area contributed by atoms with Crippen molar-refractivity contribution in [3.05, 3.63) is 47.9 Å². The summed E-state index contributed by atoms with van der Waals surface area (Å²) in [7, 11) is -3.43. The van der Waals surface area contributed by atoms with Gasteiger partial charge in [-0.15, -0.1) is 0 Å². The molecule has 2 heterocycles. The summed E-state index contributed by atoms with van der Waals surface area (Å²) in [5.41, 5.74) is 1.22. The molecule has 0 amide bonds. The first-order valence-electron chi connectivity index (χ1n) is 4.85. The number of allylic oxidation sites excluding steroid dienone is 1. The maximum Gasteiger partial charge on any atom is 0.262 e. The Kier molecular flexibility index (Phi) is 1.85. The van der Waals surface area contributed by atoms with Gasteiger partial charge < -0.3 is 4.74 Å². The second-order valence-corrected chi connectivity index (χ2v) is 5.25. The zero-order chi connectivity index (χ0) is 11.2. The molecule has 0 aliphatic carbocycles. The minimum absolute atomic E-state index is 0.268. The van der Waals surface area contributed by atoms with Crippen LogP contribution in [0.1, 0.15) is 12.0 Å². The number of nitrogens with one attached hydrogen (secondary N) is 1. The fourth-order valence-electron chi connectivity index (χ4n) is 1.87. The SMILES string of the molecule is O=S1(=O)NC2=C(OC=CC2)c2ccccc21. The summed E-state index contributed by atoms with van der Waals surface area (Å²) in [5.74, 6) is 0.605. The summed E-state index contributed by atoms with van der Waals surface area (Å²) in [4.78, 5) is 0.268. The van der Waals surface area contributed by atoms with Crippen LogP contribution < -0.4 is 4.72 Å². The average molecular weight is 235 g/mol. The van der Waals surface area contributed by atoms with E-state index in [1.807, 2.05) is 0 Å². The van der Waals surface area contributed by atoms with Gasteiger partial charge >= 0.3 is 0 Å². The third kappa shape index (κ3) is 1.25. The minimum Gasteiger partial charge on any atom is -0.463 e. The van der Waals surface area contributed by atoms with E-state index < -0.39 is 10.0 Å². The molecule has 3 rings (SSSR count). The Morgan fingerprint density at radius 1 is 1.25 bits per heavy atom. The van der Waals surface area contributed by atoms with E-state index in [2.05, 4.69) is 4.72 Å². The van der Waals surface area contributed by atoms with Crippen molar-refractivity contribution in [1.82, 2.24) is 4.72 Å². The molecule has 0 unspecified atom stereocenters. The van der Waals surface area contributed by atoms with Gasteiger partial charge in [0.2, 0.25) is 0 Å². The van der Waals surface area contributed by atoms with E-state index in [1.54, 1.807) is 36.6 Å². The van der Waals surface area contributed by atoms with Crippen LogP contribution in [0.2, 0.25) is 0 Å². The van der Waals surface area contributed by atoms with Crippen molar-refractivity contribution in [2.75, 3.05) is 0 Å². The van der Waals surface area contributed by atoms with E-state index in [0.29, 0.717) is 23.4 Å². The summed E-state index contributed by atoms with van der Waals surface area (Å²) >= 11 is 0. The molecule has 2 aliphatic rings. The van der Waals surface area contributed by atoms with Gasteiger partial charge in [0.15, 0.2) is 5.76 Å². The molecule has 0 saturated carbocycles. The van der Waals surface area contributed by atoms with Crippen molar-refractivity contribution in [2.45, 2.75) is 11.3 Å². The average Bonchev–Trinajstić information content (AvgIpc) is 2.29. The first-order chi connectivity index (χ1) is 7.68. The van der Waals surface area contributed by atoms with Crippen molar-refractivity contribution >= 4 is 15.8 Å². The fourth-order valence-corrected chi connectivity index (χ4v) is 3.18. The normalized spacial score (nSPS) is 20.5. The molecule has 0 atom stereocenters. The van der Waals surface area contributed by atoms with Crippen molar-refractivity contribution in [3.63, 3.8) is 0 Å². The molecule has 2 aliphatic heterocycles. The van der Waals surface area contributed by atoms with E-state index in [4.69, 9.17) is 4.74 Å². The van der Waals surface area contributed by atoms with Crippen LogP contribution in [0.4, 0.5) is 0 Å². The summed E-state index contributed by atoms with van der Waals surface area (Å²) in [6, 6.07) is 6.82. The van der Waals surface area contributed by atoms with Gasteiger partial charge in [-0.25, -0.2) is 8.42 Å². The third-order valence-corrected chi connectivity index (χ3v) is 4.01. The van der Waals surface area contributed by atoms with E-state index in [1.165, 1.54) is 0 Å². The van der Waals surface area contributed by atoms with Crippen LogP contribution in [-0.4, -0.2) is 8.42 Å². The quantitative estimate of drug-likeness (QED) is 0.742. The molecule has 4 nitrogen and oxygen atoms in total. The maximum atomic E-state index is 11.9. The molecule has 1 aromatic rings. The van der Waals surface area contributed by atoms with Crippen LogP contribution in [0, 0.1) is 0 Å². The highest BCUT2D eigenvalue weighted by Gasteiger charge is 2.30. The maximum absolute atomic E-state index is 11.9. The van der Waals surface area contributed by atoms with Gasteiger partial charge in [0, 0.05) is 12.0 Å². The summed E-state index contributed by atoms with van der Waals surface area (Å²) in [6.07, 6.45) is 3.90. The van der Waals surface area contributed by atoms with Gasteiger partial charge in [-0.05, 0) is 18.2 Å². The molecular formula is C11H9NO3S. The minimum atomic E-state index is -3.43. The topological polar surface area (TPSA) is 55.4 Å². The number of rotatable bonds is 0. The molecule has 1 N–H and O–H groups in total. The monoisotopic (exact) mass is 235 g/mol. The molecule has 82 valence electrons. The highest BCUT2D eigenvalue weighted by atomic mass is 32.2. The van der Waals surface area contributed by atoms with Gasteiger partial charge in [-0.2, -0.15) is 0 Å². The first kappa shape index (κ1) is 9.47. The van der Waals surface area contributed by atoms with E-state index in [9.17, 15) is 8.42 Å². The van der Waals surface area contributed by atoms with Crippen LogP contribution in [0.3, 0.4) is 0 Å². The zero-order valence-electron chi connectivity index (χ0n) is 8.30. The van der Waals surface area contributed by atoms with Crippen LogP contribution >= 0.6 is 0 Å². The molecular weight excluding hydrogens is 226 g/mol. The van der Waals surface area contributed by atoms with Gasteiger partial charge in [-0.1, -0.05) is 12.1 Å². The number of sulfonamides is 1. The molecule has 1 aromatic carbocycles. The summed E-state index contributed by atoms with van der Waals surface area (Å²) < 4.78 is 31.7. The molecule has 16 heavy (non-hydrogen) atoms. The molecule has 0 spiro atoms. The van der Waals surface area contributed by atoms with Gasteiger partial charge in [0.25, 0.3) is 10.0 Å². The first-order valence-corrected chi connectivity index (χ1v) is 6.34. The molecule has 0 radical (unpaired) electrons. The molecule has 0 aromatic heterocycles. The molecule has 0 saturated heterocycles. The lowest BCUT2D eigenvalue weighted by Gasteiger charge is -2.25. The number of ether oxygens (including phenoxy) is 1. The molecule has 5 heteroatoms. The Labute approximate surface area is 93.3 Å². The van der Waals surface area contributed by atoms with Crippen molar-refractivity contribution < 1.29 is 13.2 Å². The Hall–Kier alpha value is -1.75. The Balaban J connectivity index is 2.29. The van der Waals surface area contributed by atoms with Crippen molar-refractivity contribution in [3.8, 4) is 0 Å². The molecule has 0 bridgehead atoms. The van der Waals surface area contributed by atoms with Crippen molar-refractivity contribution in [2.24, 2.45) is 0 Å². The van der Waals surface area contributed by atoms with E-state index >= 15 is 0 Å². The van der Waals surface area contributed by atoms with Gasteiger partial charge in [0.05, 0.1) is 16.9 Å². The lowest BCUT2D eigenvalue weighted by atomic mass is 10.1. The summed E-state index contributed by atoms with van der Waals surface area (Å²) in [6.45, 7) is 0. The fraction of sp³-hybridized carbons (Fsp3) is 0.0909. The highest BCUT2D eigenvalue weighted by molar-refractivity contribution is 7.89. The lowest BCUT2D eigenvalue weighted by molar-refractivity contribution is 0.416. The van der Waals surface area contributed by atoms with Gasteiger partial charge in [-0.3, -0.25) is 4.72 Å². The number of hydrogen-bond acceptors (Lipinski definition) is 3. The Bertz CT molecular complexity index is 614. The van der Waals surface area contributed by atoms with E-state index in [-0.39, 0.29) is 4.90 Å². The Morgan fingerprint density at radius 3 is 2.94 bits per heavy atom. The smallest absolute Gasteiger partial charge is 0.262 e. The van der Waals surface area contributed by atoms with Crippen LogP contribution in [0.25, 0.3) is 5.76 Å². The van der Waals surface area contributed by atoms with Crippen LogP contribution in [-0.2, 0) is 14.8 Å². The van der Waals surface area contributed by atoms with Crippen molar-refractivity contribution in [1.29, 1.82) is 0 Å². The second-order valence-electron chi connectivity index (χ2n) is 3.60. The third-order valence-electron chi connectivity index (χ3n) is 2.56. The number of hydrogen-bond donors (Lipinski definition) is 1. The second kappa shape index (κ2) is 3.12. The zero-order valence-corrected chi connectivity index (χ0v) is 9.12. The number of fused-ring (bicyclic) bond motifs is 2. The number of benzene rings is 1. The predicted molar refractivity (Wildman–Crippen MR) is 58.5 cm³/mol. The van der Waals surface area contributed by atoms with Crippen LogP contribution in [0.5, 0.6) is 0 Å². The van der Waals surface area contributed by atoms with E-state index in [0.717, 1.165) is 0 Å². The van der Waals surface area contributed by atoms with Crippen LogP contribution in [0.15, 0.2) is 47.2 Å². The Morgan fingerprint density at radius 2 is 2.06 bits per heavy atom. The largest absolute Gasteiger partial charge is 0.463 e. The highest BCUT2D eigenvalue weighted by Crippen LogP contribution is 2.34. The van der Waals surface area contributed by atoms with Gasteiger partial charge in [0.1, 0.15) is 0 Å². The summed E-state index contributed by atoms with van der Waals surface area (Å²) in [5, 5.41) is 0. The lowest BCUT2D eigenvalue weighted by Crippen LogP contribution is -2.30. The predicted octanol–water partition coefficient (Wildman–Crippen LogP) is 1.58.